The molecular weight excluding hydrogens is 400 g/mol. The van der Waals surface area contributed by atoms with Crippen LogP contribution in [-0.4, -0.2) is 53.7 Å². The molecule has 7 heteroatoms. The maximum Gasteiger partial charge on any atom is 0.255 e. The highest BCUT2D eigenvalue weighted by atomic mass is 35.5. The molecule has 0 N–H and O–H groups in total. The topological polar surface area (TPSA) is 69.5 Å². The van der Waals surface area contributed by atoms with E-state index in [1.165, 1.54) is 0 Å². The van der Waals surface area contributed by atoms with E-state index in [4.69, 9.17) is 10.00 Å². The summed E-state index contributed by atoms with van der Waals surface area (Å²) in [6, 6.07) is 17.6. The molecule has 158 valence electrons. The Morgan fingerprint density at radius 2 is 1.90 bits per heavy atom. The number of hydrogen-bond donors (Lipinski definition) is 0. The zero-order valence-corrected chi connectivity index (χ0v) is 18.0. The van der Waals surface area contributed by atoms with Gasteiger partial charge in [0.05, 0.1) is 12.1 Å². The quantitative estimate of drug-likeness (QED) is 0.750. The fraction of sp³-hybridized carbons (Fsp3) is 0.435. The molecule has 30 heavy (non-hydrogen) atoms. The predicted octanol–water partition coefficient (Wildman–Crippen LogP) is 3.20. The molecule has 1 amide bonds. The number of morpholine rings is 1. The molecule has 2 saturated heterocycles. The number of nitriles is 1. The molecule has 1 unspecified atom stereocenters. The molecule has 1 atom stereocenters. The second kappa shape index (κ2) is 9.57. The number of hydrogen-bond acceptors (Lipinski definition) is 5. The van der Waals surface area contributed by atoms with Gasteiger partial charge in [0.2, 0.25) is 0 Å². The molecule has 0 radical (unpaired) electrons. The van der Waals surface area contributed by atoms with Crippen molar-refractivity contribution in [1.29, 1.82) is 5.26 Å². The Bertz CT molecular complexity index is 907. The van der Waals surface area contributed by atoms with E-state index in [1.807, 2.05) is 54.3 Å². The van der Waals surface area contributed by atoms with Gasteiger partial charge in [0.15, 0.2) is 0 Å². The second-order valence-corrected chi connectivity index (χ2v) is 7.92. The lowest BCUT2D eigenvalue weighted by Crippen LogP contribution is -2.61. The highest BCUT2D eigenvalue weighted by Crippen LogP contribution is 2.35. The van der Waals surface area contributed by atoms with Crippen molar-refractivity contribution >= 4 is 24.0 Å². The van der Waals surface area contributed by atoms with Crippen LogP contribution >= 0.6 is 12.4 Å². The van der Waals surface area contributed by atoms with Crippen molar-refractivity contribution in [2.24, 2.45) is 0 Å². The third-order valence-corrected chi connectivity index (χ3v) is 5.93. The van der Waals surface area contributed by atoms with Crippen molar-refractivity contribution in [2.45, 2.75) is 37.9 Å². The fourth-order valence-corrected chi connectivity index (χ4v) is 4.29. The van der Waals surface area contributed by atoms with E-state index in [0.717, 1.165) is 50.3 Å². The lowest BCUT2D eigenvalue weighted by Gasteiger charge is -2.49. The largest absolute Gasteiger partial charge is 0.360 e. The van der Waals surface area contributed by atoms with Crippen LogP contribution in [0.3, 0.4) is 0 Å². The van der Waals surface area contributed by atoms with E-state index in [-0.39, 0.29) is 23.9 Å². The smallest absolute Gasteiger partial charge is 0.255 e. The summed E-state index contributed by atoms with van der Waals surface area (Å²) in [5, 5.41) is 9.00. The molecule has 1 aromatic heterocycles. The first-order valence-corrected chi connectivity index (χ1v) is 10.2. The number of pyridine rings is 1. The van der Waals surface area contributed by atoms with Crippen LogP contribution in [0, 0.1) is 11.3 Å². The van der Waals surface area contributed by atoms with Crippen LogP contribution in [0.5, 0.6) is 0 Å². The summed E-state index contributed by atoms with van der Waals surface area (Å²) in [6.07, 6.45) is 2.21. The van der Waals surface area contributed by atoms with Crippen LogP contribution in [0.25, 0.3) is 0 Å². The monoisotopic (exact) mass is 426 g/mol. The standard InChI is InChI=1S/C23H26N4O2.ClH/c1-18-22(28)27(21-8-3-2-4-9-21)17-23(29-18)11-14-26(15-12-23)13-10-19-6-5-7-20(16-24)25-19;/h2-9,18H,10-15,17H2,1H3;1H. The number of carbonyl (C=O) groups excluding carboxylic acids is 1. The van der Waals surface area contributed by atoms with E-state index in [9.17, 15) is 4.79 Å². The van der Waals surface area contributed by atoms with Crippen LogP contribution in [0.4, 0.5) is 5.69 Å². The summed E-state index contributed by atoms with van der Waals surface area (Å²) < 4.78 is 6.25. The number of amides is 1. The Kier molecular flexibility index (Phi) is 7.09. The number of likely N-dealkylation sites (tertiary alicyclic amines) is 1. The maximum atomic E-state index is 12.7. The van der Waals surface area contributed by atoms with E-state index in [0.29, 0.717) is 12.2 Å². The van der Waals surface area contributed by atoms with Crippen molar-refractivity contribution in [1.82, 2.24) is 9.88 Å². The highest BCUT2D eigenvalue weighted by molar-refractivity contribution is 5.97. The first-order chi connectivity index (χ1) is 14.1. The summed E-state index contributed by atoms with van der Waals surface area (Å²) in [4.78, 5) is 21.4. The molecule has 2 aliphatic rings. The molecule has 1 aromatic carbocycles. The molecule has 4 rings (SSSR count). The van der Waals surface area contributed by atoms with Gasteiger partial charge in [-0.25, -0.2) is 4.98 Å². The third kappa shape index (κ3) is 4.81. The zero-order valence-electron chi connectivity index (χ0n) is 17.2. The summed E-state index contributed by atoms with van der Waals surface area (Å²) >= 11 is 0. The van der Waals surface area contributed by atoms with Crippen LogP contribution in [0.2, 0.25) is 0 Å². The average molecular weight is 427 g/mol. The molecule has 0 aliphatic carbocycles. The summed E-state index contributed by atoms with van der Waals surface area (Å²) in [6.45, 7) is 5.25. The fourth-order valence-electron chi connectivity index (χ4n) is 4.29. The number of piperidine rings is 1. The van der Waals surface area contributed by atoms with Crippen LogP contribution < -0.4 is 4.90 Å². The number of nitrogens with zero attached hydrogens (tertiary/aromatic N) is 4. The van der Waals surface area contributed by atoms with Crippen molar-refractivity contribution < 1.29 is 9.53 Å². The maximum absolute atomic E-state index is 12.7. The molecule has 2 fully saturated rings. The first kappa shape index (κ1) is 22.2. The highest BCUT2D eigenvalue weighted by Gasteiger charge is 2.45. The van der Waals surface area contributed by atoms with Gasteiger partial charge in [-0.2, -0.15) is 5.26 Å². The molecule has 0 saturated carbocycles. The zero-order chi connectivity index (χ0) is 20.3. The van der Waals surface area contributed by atoms with Gasteiger partial charge in [-0.05, 0) is 44.0 Å². The van der Waals surface area contributed by atoms with E-state index in [2.05, 4.69) is 16.0 Å². The van der Waals surface area contributed by atoms with Gasteiger partial charge in [-0.1, -0.05) is 24.3 Å². The van der Waals surface area contributed by atoms with E-state index >= 15 is 0 Å². The van der Waals surface area contributed by atoms with Crippen molar-refractivity contribution in [3.63, 3.8) is 0 Å². The van der Waals surface area contributed by atoms with Gasteiger partial charge in [0, 0.05) is 37.4 Å². The number of benzene rings is 1. The van der Waals surface area contributed by atoms with Crippen molar-refractivity contribution in [3.8, 4) is 6.07 Å². The van der Waals surface area contributed by atoms with Crippen LogP contribution in [-0.2, 0) is 16.0 Å². The third-order valence-electron chi connectivity index (χ3n) is 5.93. The van der Waals surface area contributed by atoms with Gasteiger partial charge in [-0.15, -0.1) is 12.4 Å². The molecule has 2 aliphatic heterocycles. The Labute approximate surface area is 183 Å². The molecule has 1 spiro atoms. The minimum Gasteiger partial charge on any atom is -0.360 e. The number of aromatic nitrogens is 1. The van der Waals surface area contributed by atoms with Crippen LogP contribution in [0.15, 0.2) is 48.5 Å². The Balaban J connectivity index is 0.00000256. The molecule has 3 heterocycles. The summed E-state index contributed by atoms with van der Waals surface area (Å²) in [5.41, 5.74) is 2.08. The second-order valence-electron chi connectivity index (χ2n) is 7.92. The SMILES string of the molecule is CC1OC2(CCN(CCc3cccc(C#N)n3)CC2)CN(c2ccccc2)C1=O.Cl. The minimum absolute atomic E-state index is 0. The van der Waals surface area contributed by atoms with Gasteiger partial charge in [-0.3, -0.25) is 4.79 Å². The predicted molar refractivity (Wildman–Crippen MR) is 118 cm³/mol. The first-order valence-electron chi connectivity index (χ1n) is 10.2. The van der Waals surface area contributed by atoms with E-state index in [1.54, 1.807) is 6.07 Å². The number of rotatable bonds is 4. The lowest BCUT2D eigenvalue weighted by molar-refractivity contribution is -0.161. The Morgan fingerprint density at radius 1 is 1.17 bits per heavy atom. The Hall–Kier alpha value is -2.46. The molecular formula is C23H27ClN4O2. The Morgan fingerprint density at radius 3 is 2.60 bits per heavy atom. The number of carbonyl (C=O) groups is 1. The van der Waals surface area contributed by atoms with Gasteiger partial charge in [0.1, 0.15) is 17.9 Å². The normalized spacial score (nSPS) is 21.1. The van der Waals surface area contributed by atoms with Gasteiger partial charge >= 0.3 is 0 Å². The molecule has 2 aromatic rings. The summed E-state index contributed by atoms with van der Waals surface area (Å²) in [7, 11) is 0. The average Bonchev–Trinajstić information content (AvgIpc) is 2.77. The number of ether oxygens (including phenoxy) is 1. The summed E-state index contributed by atoms with van der Waals surface area (Å²) in [5.74, 6) is 0.0349. The van der Waals surface area contributed by atoms with Crippen molar-refractivity contribution in [2.75, 3.05) is 31.1 Å². The van der Waals surface area contributed by atoms with E-state index < -0.39 is 6.10 Å². The van der Waals surface area contributed by atoms with Crippen LogP contribution in [0.1, 0.15) is 31.2 Å². The lowest BCUT2D eigenvalue weighted by atomic mass is 9.88. The number of anilines is 1. The minimum atomic E-state index is -0.423. The van der Waals surface area contributed by atoms with Gasteiger partial charge < -0.3 is 14.5 Å². The van der Waals surface area contributed by atoms with Gasteiger partial charge in [0.25, 0.3) is 5.91 Å². The van der Waals surface area contributed by atoms with Crippen molar-refractivity contribution in [3.05, 3.63) is 59.9 Å². The molecule has 6 nitrogen and oxygen atoms in total. The number of para-hydroxylation sites is 1. The molecule has 0 bridgehead atoms. The number of halogens is 1.